The monoisotopic (exact) mass is 464 g/mol. The highest BCUT2D eigenvalue weighted by atomic mass is 16.2. The Morgan fingerprint density at radius 1 is 0.818 bits per heavy atom. The number of rotatable bonds is 13. The number of likely N-dealkylation sites (tertiary alicyclic amines) is 1. The third-order valence-corrected chi connectivity index (χ3v) is 7.63. The summed E-state index contributed by atoms with van der Waals surface area (Å²) in [5.41, 5.74) is 0. The molecule has 0 atom stereocenters. The maximum absolute atomic E-state index is 12.6. The number of hydrogen-bond acceptors (Lipinski definition) is 4. The smallest absolute Gasteiger partial charge is 0.224 e. The number of nitrogens with zero attached hydrogens (tertiary/aromatic N) is 4. The first-order valence-electron chi connectivity index (χ1n) is 13.8. The fraction of sp³-hybridized carbons (Fsp3) is 0.926. The van der Waals surface area contributed by atoms with E-state index >= 15 is 0 Å². The quantitative estimate of drug-likeness (QED) is 0.385. The zero-order chi connectivity index (χ0) is 24.2. The summed E-state index contributed by atoms with van der Waals surface area (Å²) in [7, 11) is 1.91. The Balaban J connectivity index is 1.46. The van der Waals surface area contributed by atoms with Gasteiger partial charge in [-0.2, -0.15) is 0 Å². The van der Waals surface area contributed by atoms with Gasteiger partial charge < -0.3 is 14.7 Å². The topological polar surface area (TPSA) is 47.1 Å². The number of carbonyl (C=O) groups excluding carboxylic acids is 2. The first-order chi connectivity index (χ1) is 15.8. The van der Waals surface area contributed by atoms with Crippen LogP contribution in [-0.4, -0.2) is 96.9 Å². The molecule has 0 bridgehead atoms. The van der Waals surface area contributed by atoms with Crippen LogP contribution in [0, 0.1) is 11.8 Å². The van der Waals surface area contributed by atoms with E-state index in [9.17, 15) is 9.59 Å². The number of amides is 2. The summed E-state index contributed by atoms with van der Waals surface area (Å²) in [5, 5.41) is 0. The van der Waals surface area contributed by atoms with Crippen LogP contribution in [0.25, 0.3) is 0 Å². The van der Waals surface area contributed by atoms with Gasteiger partial charge >= 0.3 is 0 Å². The van der Waals surface area contributed by atoms with Crippen molar-refractivity contribution < 1.29 is 9.59 Å². The molecule has 2 aliphatic rings. The number of piperidine rings is 1. The van der Waals surface area contributed by atoms with Gasteiger partial charge in [0.25, 0.3) is 0 Å². The summed E-state index contributed by atoms with van der Waals surface area (Å²) in [6.07, 6.45) is 10.1. The Kier molecular flexibility index (Phi) is 12.8. The molecule has 0 aromatic heterocycles. The molecule has 0 radical (unpaired) electrons. The molecule has 0 aliphatic carbocycles. The molecule has 0 unspecified atom stereocenters. The Morgan fingerprint density at radius 2 is 1.39 bits per heavy atom. The van der Waals surface area contributed by atoms with Crippen LogP contribution < -0.4 is 0 Å². The maximum atomic E-state index is 12.6. The third kappa shape index (κ3) is 10.3. The van der Waals surface area contributed by atoms with E-state index in [1.165, 1.54) is 51.7 Å². The standard InChI is InChI=1S/C27H52N4O2/c1-23(2)27(33)28(5)15-11-9-7-6-8-10-12-26(32)31-20-18-29(19-21-31)22-25-13-16-30(17-14-25)24(3)4/h23-25H,6-22H2,1-5H3. The Morgan fingerprint density at radius 3 is 1.97 bits per heavy atom. The normalized spacial score (nSPS) is 18.9. The highest BCUT2D eigenvalue weighted by Gasteiger charge is 2.25. The minimum absolute atomic E-state index is 0.0865. The molecule has 0 saturated carbocycles. The Bertz CT molecular complexity index is 564. The molecular formula is C27H52N4O2. The molecule has 0 N–H and O–H groups in total. The second kappa shape index (κ2) is 15.0. The van der Waals surface area contributed by atoms with Gasteiger partial charge in [-0.1, -0.05) is 39.5 Å². The van der Waals surface area contributed by atoms with Gasteiger partial charge in [-0.05, 0) is 58.5 Å². The average molecular weight is 465 g/mol. The van der Waals surface area contributed by atoms with Crippen LogP contribution in [0.4, 0.5) is 0 Å². The van der Waals surface area contributed by atoms with Gasteiger partial charge in [0.15, 0.2) is 0 Å². The van der Waals surface area contributed by atoms with Crippen LogP contribution in [0.3, 0.4) is 0 Å². The van der Waals surface area contributed by atoms with Gasteiger partial charge in [-0.3, -0.25) is 14.5 Å². The molecule has 2 rings (SSSR count). The summed E-state index contributed by atoms with van der Waals surface area (Å²) in [6, 6.07) is 0.675. The Labute approximate surface area is 204 Å². The molecule has 2 saturated heterocycles. The van der Waals surface area contributed by atoms with Crippen molar-refractivity contribution >= 4 is 11.8 Å². The summed E-state index contributed by atoms with van der Waals surface area (Å²) < 4.78 is 0. The van der Waals surface area contributed by atoms with E-state index in [-0.39, 0.29) is 11.8 Å². The SMILES string of the molecule is CC(C)C(=O)N(C)CCCCCCCCC(=O)N1CCN(CC2CCN(C(C)C)CC2)CC1. The second-order valence-corrected chi connectivity index (χ2v) is 11.0. The molecule has 192 valence electrons. The molecule has 2 amide bonds. The molecule has 0 aromatic carbocycles. The number of piperazine rings is 1. The lowest BCUT2D eigenvalue weighted by atomic mass is 9.95. The van der Waals surface area contributed by atoms with Gasteiger partial charge in [0.2, 0.25) is 11.8 Å². The Hall–Kier alpha value is -1.14. The van der Waals surface area contributed by atoms with Crippen LogP contribution in [0.15, 0.2) is 0 Å². The van der Waals surface area contributed by atoms with E-state index in [4.69, 9.17) is 0 Å². The van der Waals surface area contributed by atoms with E-state index in [1.54, 1.807) is 0 Å². The molecule has 6 heteroatoms. The van der Waals surface area contributed by atoms with E-state index in [1.807, 2.05) is 25.8 Å². The highest BCUT2D eigenvalue weighted by molar-refractivity contribution is 5.77. The van der Waals surface area contributed by atoms with Crippen molar-refractivity contribution in [3.8, 4) is 0 Å². The largest absolute Gasteiger partial charge is 0.346 e. The first kappa shape index (κ1) is 28.1. The predicted molar refractivity (Wildman–Crippen MR) is 137 cm³/mol. The van der Waals surface area contributed by atoms with Gasteiger partial charge in [0, 0.05) is 64.7 Å². The van der Waals surface area contributed by atoms with Gasteiger partial charge in [0.05, 0.1) is 0 Å². The predicted octanol–water partition coefficient (Wildman–Crippen LogP) is 4.10. The van der Waals surface area contributed by atoms with Gasteiger partial charge in [0.1, 0.15) is 0 Å². The average Bonchev–Trinajstić information content (AvgIpc) is 2.80. The zero-order valence-electron chi connectivity index (χ0n) is 22.4. The minimum atomic E-state index is 0.0865. The maximum Gasteiger partial charge on any atom is 0.224 e. The molecular weight excluding hydrogens is 412 g/mol. The van der Waals surface area contributed by atoms with Crippen molar-refractivity contribution in [3.63, 3.8) is 0 Å². The molecule has 2 heterocycles. The molecule has 33 heavy (non-hydrogen) atoms. The molecule has 0 aromatic rings. The van der Waals surface area contributed by atoms with Crippen molar-refractivity contribution in [1.82, 2.24) is 19.6 Å². The number of carbonyl (C=O) groups is 2. The molecule has 6 nitrogen and oxygen atoms in total. The van der Waals surface area contributed by atoms with Crippen LogP contribution in [0.1, 0.15) is 85.5 Å². The zero-order valence-corrected chi connectivity index (χ0v) is 22.4. The molecule has 2 aliphatic heterocycles. The van der Waals surface area contributed by atoms with Crippen LogP contribution in [0.5, 0.6) is 0 Å². The fourth-order valence-electron chi connectivity index (χ4n) is 5.24. The van der Waals surface area contributed by atoms with Crippen molar-refractivity contribution in [2.75, 3.05) is 59.4 Å². The van der Waals surface area contributed by atoms with Crippen molar-refractivity contribution in [2.45, 2.75) is 91.5 Å². The summed E-state index contributed by atoms with van der Waals surface area (Å²) >= 11 is 0. The second-order valence-electron chi connectivity index (χ2n) is 11.0. The van der Waals surface area contributed by atoms with E-state index < -0.39 is 0 Å². The number of hydrogen-bond donors (Lipinski definition) is 0. The third-order valence-electron chi connectivity index (χ3n) is 7.63. The van der Waals surface area contributed by atoms with Crippen molar-refractivity contribution in [1.29, 1.82) is 0 Å². The van der Waals surface area contributed by atoms with Crippen LogP contribution in [-0.2, 0) is 9.59 Å². The molecule has 0 spiro atoms. The lowest BCUT2D eigenvalue weighted by Crippen LogP contribution is -2.50. The van der Waals surface area contributed by atoms with Crippen molar-refractivity contribution in [3.05, 3.63) is 0 Å². The fourth-order valence-corrected chi connectivity index (χ4v) is 5.24. The minimum Gasteiger partial charge on any atom is -0.346 e. The van der Waals surface area contributed by atoms with Gasteiger partial charge in [-0.25, -0.2) is 0 Å². The van der Waals surface area contributed by atoms with E-state index in [0.717, 1.165) is 57.9 Å². The first-order valence-corrected chi connectivity index (χ1v) is 13.8. The summed E-state index contributed by atoms with van der Waals surface area (Å²) in [5.74, 6) is 1.51. The molecule has 2 fully saturated rings. The lowest BCUT2D eigenvalue weighted by Gasteiger charge is -2.39. The highest BCUT2D eigenvalue weighted by Crippen LogP contribution is 2.21. The van der Waals surface area contributed by atoms with E-state index in [0.29, 0.717) is 18.4 Å². The van der Waals surface area contributed by atoms with Crippen molar-refractivity contribution in [2.24, 2.45) is 11.8 Å². The number of unbranched alkanes of at least 4 members (excludes halogenated alkanes) is 5. The van der Waals surface area contributed by atoms with Crippen LogP contribution in [0.2, 0.25) is 0 Å². The van der Waals surface area contributed by atoms with E-state index in [2.05, 4.69) is 28.5 Å². The van der Waals surface area contributed by atoms with Gasteiger partial charge in [-0.15, -0.1) is 0 Å². The summed E-state index contributed by atoms with van der Waals surface area (Å²) in [6.45, 7) is 17.0. The lowest BCUT2D eigenvalue weighted by molar-refractivity contribution is -0.133. The van der Waals surface area contributed by atoms with Crippen LogP contribution >= 0.6 is 0 Å². The summed E-state index contributed by atoms with van der Waals surface area (Å²) in [4.78, 5) is 33.6.